The van der Waals surface area contributed by atoms with E-state index in [0.717, 1.165) is 18.8 Å². The molecular weight excluding hydrogens is 234 g/mol. The molecule has 0 atom stereocenters. The van der Waals surface area contributed by atoms with E-state index in [9.17, 15) is 0 Å². The molecule has 19 heavy (non-hydrogen) atoms. The highest BCUT2D eigenvalue weighted by molar-refractivity contribution is 5.71. The van der Waals surface area contributed by atoms with Gasteiger partial charge in [0, 0.05) is 13.1 Å². The third kappa shape index (κ3) is 2.43. The van der Waals surface area contributed by atoms with Crippen LogP contribution < -0.4 is 9.64 Å². The lowest BCUT2D eigenvalue weighted by Crippen LogP contribution is -2.18. The zero-order valence-corrected chi connectivity index (χ0v) is 11.3. The Kier molecular flexibility index (Phi) is 3.41. The van der Waals surface area contributed by atoms with E-state index in [2.05, 4.69) is 47.4 Å². The van der Waals surface area contributed by atoms with Gasteiger partial charge < -0.3 is 9.64 Å². The molecule has 0 bridgehead atoms. The molecule has 2 nitrogen and oxygen atoms in total. The molecule has 1 aliphatic heterocycles. The summed E-state index contributed by atoms with van der Waals surface area (Å²) in [7, 11) is 1.75. The molecule has 0 radical (unpaired) electrons. The van der Waals surface area contributed by atoms with E-state index in [-0.39, 0.29) is 0 Å². The number of anilines is 1. The molecule has 0 N–H and O–H groups in total. The van der Waals surface area contributed by atoms with Crippen LogP contribution >= 0.6 is 0 Å². The second kappa shape index (κ2) is 5.35. The van der Waals surface area contributed by atoms with Gasteiger partial charge in [0.2, 0.25) is 0 Å². The van der Waals surface area contributed by atoms with E-state index in [4.69, 9.17) is 4.74 Å². The minimum atomic E-state index is 0.975. The molecule has 3 rings (SSSR count). The first-order chi connectivity index (χ1) is 9.38. The monoisotopic (exact) mass is 253 g/mol. The number of ether oxygens (including phenoxy) is 1. The van der Waals surface area contributed by atoms with Crippen LogP contribution in [0, 0.1) is 0 Å². The van der Waals surface area contributed by atoms with Gasteiger partial charge >= 0.3 is 0 Å². The fourth-order valence-corrected chi connectivity index (χ4v) is 2.71. The number of rotatable bonds is 3. The molecule has 0 saturated carbocycles. The van der Waals surface area contributed by atoms with E-state index in [1.807, 2.05) is 6.07 Å². The topological polar surface area (TPSA) is 12.5 Å². The maximum atomic E-state index is 5.58. The average Bonchev–Trinajstić information content (AvgIpc) is 3.01. The maximum Gasteiger partial charge on any atom is 0.142 e. The Hall–Kier alpha value is -1.96. The van der Waals surface area contributed by atoms with Crippen molar-refractivity contribution in [3.63, 3.8) is 0 Å². The first-order valence-electron chi connectivity index (χ1n) is 6.87. The fourth-order valence-electron chi connectivity index (χ4n) is 2.71. The largest absolute Gasteiger partial charge is 0.495 e. The first-order valence-corrected chi connectivity index (χ1v) is 6.87. The third-order valence-electron chi connectivity index (χ3n) is 3.73. The van der Waals surface area contributed by atoms with Gasteiger partial charge in [-0.05, 0) is 36.1 Å². The smallest absolute Gasteiger partial charge is 0.142 e. The Bertz CT molecular complexity index is 544. The Balaban J connectivity index is 1.97. The van der Waals surface area contributed by atoms with Gasteiger partial charge in [-0.2, -0.15) is 0 Å². The van der Waals surface area contributed by atoms with Crippen LogP contribution in [0.3, 0.4) is 0 Å². The molecule has 1 fully saturated rings. The van der Waals surface area contributed by atoms with Crippen LogP contribution in [0.4, 0.5) is 5.69 Å². The van der Waals surface area contributed by atoms with Gasteiger partial charge in [-0.3, -0.25) is 0 Å². The molecule has 2 heteroatoms. The number of hydrogen-bond acceptors (Lipinski definition) is 2. The Morgan fingerprint density at radius 3 is 2.32 bits per heavy atom. The molecule has 0 unspecified atom stereocenters. The summed E-state index contributed by atoms with van der Waals surface area (Å²) in [6, 6.07) is 16.9. The SMILES string of the molecule is COc1cc(-c2ccccc2)ccc1N1CCCC1. The number of methoxy groups -OCH3 is 1. The van der Waals surface area contributed by atoms with Gasteiger partial charge in [0.1, 0.15) is 5.75 Å². The van der Waals surface area contributed by atoms with Gasteiger partial charge in [0.05, 0.1) is 12.8 Å². The van der Waals surface area contributed by atoms with Gasteiger partial charge in [-0.25, -0.2) is 0 Å². The Morgan fingerprint density at radius 1 is 0.895 bits per heavy atom. The highest BCUT2D eigenvalue weighted by atomic mass is 16.5. The number of benzene rings is 2. The lowest BCUT2D eigenvalue weighted by molar-refractivity contribution is 0.415. The van der Waals surface area contributed by atoms with E-state index in [1.54, 1.807) is 7.11 Å². The first kappa shape index (κ1) is 12.1. The third-order valence-corrected chi connectivity index (χ3v) is 3.73. The van der Waals surface area contributed by atoms with Crippen molar-refractivity contribution in [1.29, 1.82) is 0 Å². The fraction of sp³-hybridized carbons (Fsp3) is 0.294. The summed E-state index contributed by atoms with van der Waals surface area (Å²) < 4.78 is 5.58. The Labute approximate surface area is 114 Å². The molecule has 2 aromatic carbocycles. The standard InChI is InChI=1S/C17H19NO/c1-19-17-13-15(14-7-3-2-4-8-14)9-10-16(17)18-11-5-6-12-18/h2-4,7-10,13H,5-6,11-12H2,1H3. The Morgan fingerprint density at radius 2 is 1.63 bits per heavy atom. The molecule has 0 amide bonds. The van der Waals surface area contributed by atoms with Crippen molar-refractivity contribution in [3.05, 3.63) is 48.5 Å². The molecule has 0 spiro atoms. The minimum Gasteiger partial charge on any atom is -0.495 e. The van der Waals surface area contributed by atoms with Crippen LogP contribution in [0.25, 0.3) is 11.1 Å². The van der Waals surface area contributed by atoms with Crippen molar-refractivity contribution in [2.75, 3.05) is 25.1 Å². The summed E-state index contributed by atoms with van der Waals surface area (Å²) in [4.78, 5) is 2.41. The predicted molar refractivity (Wildman–Crippen MR) is 79.9 cm³/mol. The molecule has 98 valence electrons. The lowest BCUT2D eigenvalue weighted by atomic mass is 10.0. The molecule has 1 aliphatic rings. The normalized spacial score (nSPS) is 14.7. The molecule has 1 saturated heterocycles. The molecule has 1 heterocycles. The van der Waals surface area contributed by atoms with Crippen molar-refractivity contribution < 1.29 is 4.74 Å². The van der Waals surface area contributed by atoms with Crippen LogP contribution in [-0.2, 0) is 0 Å². The molecular formula is C17H19NO. The summed E-state index contributed by atoms with van der Waals surface area (Å²) >= 11 is 0. The number of hydrogen-bond donors (Lipinski definition) is 0. The predicted octanol–water partition coefficient (Wildman–Crippen LogP) is 3.96. The maximum absolute atomic E-state index is 5.58. The van der Waals surface area contributed by atoms with E-state index >= 15 is 0 Å². The van der Waals surface area contributed by atoms with E-state index < -0.39 is 0 Å². The summed E-state index contributed by atoms with van der Waals surface area (Å²) in [5.74, 6) is 0.975. The average molecular weight is 253 g/mol. The molecule has 0 aliphatic carbocycles. The van der Waals surface area contributed by atoms with Crippen LogP contribution in [0.5, 0.6) is 5.75 Å². The minimum absolute atomic E-state index is 0.975. The second-order valence-electron chi connectivity index (χ2n) is 4.95. The zero-order valence-electron chi connectivity index (χ0n) is 11.3. The second-order valence-corrected chi connectivity index (χ2v) is 4.95. The highest BCUT2D eigenvalue weighted by Gasteiger charge is 2.16. The van der Waals surface area contributed by atoms with Gasteiger partial charge in [-0.1, -0.05) is 36.4 Å². The van der Waals surface area contributed by atoms with Gasteiger partial charge in [0.15, 0.2) is 0 Å². The van der Waals surface area contributed by atoms with E-state index in [1.165, 1.54) is 29.7 Å². The van der Waals surface area contributed by atoms with Crippen molar-refractivity contribution in [2.24, 2.45) is 0 Å². The summed E-state index contributed by atoms with van der Waals surface area (Å²) in [6.45, 7) is 2.28. The highest BCUT2D eigenvalue weighted by Crippen LogP contribution is 2.34. The summed E-state index contributed by atoms with van der Waals surface area (Å²) in [5, 5.41) is 0. The van der Waals surface area contributed by atoms with Crippen molar-refractivity contribution in [2.45, 2.75) is 12.8 Å². The van der Waals surface area contributed by atoms with Crippen LogP contribution in [-0.4, -0.2) is 20.2 Å². The van der Waals surface area contributed by atoms with Crippen molar-refractivity contribution in [1.82, 2.24) is 0 Å². The van der Waals surface area contributed by atoms with Crippen LogP contribution in [0.1, 0.15) is 12.8 Å². The summed E-state index contributed by atoms with van der Waals surface area (Å²) in [5.41, 5.74) is 3.66. The van der Waals surface area contributed by atoms with Crippen molar-refractivity contribution >= 4 is 5.69 Å². The van der Waals surface area contributed by atoms with Gasteiger partial charge in [-0.15, -0.1) is 0 Å². The quantitative estimate of drug-likeness (QED) is 0.821. The number of nitrogens with zero attached hydrogens (tertiary/aromatic N) is 1. The van der Waals surface area contributed by atoms with Crippen molar-refractivity contribution in [3.8, 4) is 16.9 Å². The molecule has 0 aromatic heterocycles. The zero-order chi connectivity index (χ0) is 13.1. The van der Waals surface area contributed by atoms with E-state index in [0.29, 0.717) is 0 Å². The van der Waals surface area contributed by atoms with Crippen LogP contribution in [0.15, 0.2) is 48.5 Å². The lowest BCUT2D eigenvalue weighted by Gasteiger charge is -2.21. The molecule has 2 aromatic rings. The van der Waals surface area contributed by atoms with Gasteiger partial charge in [0.25, 0.3) is 0 Å². The van der Waals surface area contributed by atoms with Crippen LogP contribution in [0.2, 0.25) is 0 Å². The summed E-state index contributed by atoms with van der Waals surface area (Å²) in [6.07, 6.45) is 2.56.